The van der Waals surface area contributed by atoms with Crippen LogP contribution in [0.3, 0.4) is 0 Å². The minimum Gasteiger partial charge on any atom is -0.310 e. The molecule has 0 saturated heterocycles. The van der Waals surface area contributed by atoms with Gasteiger partial charge < -0.3 is 4.90 Å². The third-order valence-corrected chi connectivity index (χ3v) is 16.4. The Kier molecular flexibility index (Phi) is 11.0. The predicted molar refractivity (Wildman–Crippen MR) is 320 cm³/mol. The highest BCUT2D eigenvalue weighted by atomic mass is 15.1. The van der Waals surface area contributed by atoms with E-state index in [0.717, 1.165) is 54.7 Å². The number of benzene rings is 10. The molecule has 10 aromatic rings. The van der Waals surface area contributed by atoms with Crippen LogP contribution in [0, 0.1) is 0 Å². The van der Waals surface area contributed by atoms with Crippen molar-refractivity contribution >= 4 is 60.5 Å². The average molecular weight is 958 g/mol. The fourth-order valence-electron chi connectivity index (χ4n) is 13.0. The average Bonchev–Trinajstić information content (AvgIpc) is 3.92. The lowest BCUT2D eigenvalue weighted by Gasteiger charge is -2.37. The first-order valence-corrected chi connectivity index (χ1v) is 26.7. The van der Waals surface area contributed by atoms with Gasteiger partial charge in [0, 0.05) is 17.1 Å². The number of fused-ring (bicyclic) bond motifs is 13. The monoisotopic (exact) mass is 957 g/mol. The van der Waals surface area contributed by atoms with Gasteiger partial charge in [-0.1, -0.05) is 225 Å². The summed E-state index contributed by atoms with van der Waals surface area (Å²) in [5.74, 6) is 0. The van der Waals surface area contributed by atoms with Crippen molar-refractivity contribution in [2.75, 3.05) is 4.90 Å². The molecule has 0 fully saturated rings. The molecule has 0 aromatic heterocycles. The van der Waals surface area contributed by atoms with Gasteiger partial charge in [0.25, 0.3) is 0 Å². The second-order valence-corrected chi connectivity index (χ2v) is 20.5. The van der Waals surface area contributed by atoms with Crippen molar-refractivity contribution in [3.05, 3.63) is 306 Å². The van der Waals surface area contributed by atoms with Crippen LogP contribution in [0.2, 0.25) is 0 Å². The quantitative estimate of drug-likeness (QED) is 0.144. The second kappa shape index (κ2) is 18.5. The maximum Gasteiger partial charge on any atom is 0.0711 e. The van der Waals surface area contributed by atoms with Gasteiger partial charge >= 0.3 is 0 Å². The Morgan fingerprint density at radius 3 is 1.80 bits per heavy atom. The summed E-state index contributed by atoms with van der Waals surface area (Å²) in [5, 5.41) is 7.64. The van der Waals surface area contributed by atoms with Gasteiger partial charge in [0.15, 0.2) is 0 Å². The van der Waals surface area contributed by atoms with E-state index in [1.54, 1.807) is 0 Å². The lowest BCUT2D eigenvalue weighted by molar-refractivity contribution is 0.760. The highest BCUT2D eigenvalue weighted by molar-refractivity contribution is 6.31. The fourth-order valence-corrected chi connectivity index (χ4v) is 13.0. The van der Waals surface area contributed by atoms with E-state index in [1.165, 1.54) is 110 Å². The Balaban J connectivity index is 1.07. The zero-order valence-corrected chi connectivity index (χ0v) is 42.0. The van der Waals surface area contributed by atoms with E-state index in [0.29, 0.717) is 0 Å². The van der Waals surface area contributed by atoms with E-state index in [2.05, 4.69) is 266 Å². The smallest absolute Gasteiger partial charge is 0.0711 e. The topological polar surface area (TPSA) is 3.24 Å². The number of allylic oxidation sites excluding steroid dienone is 13. The molecule has 4 aliphatic rings. The molecule has 0 N–H and O–H groups in total. The first kappa shape index (κ1) is 44.6. The standard InChI is InChI=1S/C74H55N/c1-50-23-7-2-14-30-55-41-44-59(48-70(55)74(50)68-37-21-19-34-61(68)62-35-20-22-38-69(62)74)75(57-42-39-52(40-43-57)51-24-8-3-9-25-51)58-45-46-64-67(47-58)60-33-17-18-36-63(60)72-66(54-28-12-5-13-29-54)49-65(53-26-10-4-11-27-53)71(73(64)72)56-31-15-6-16-32-56/h2-3,5-10,12-15,17-29,31,33-49H,1,4,11,16,30,32H2/b14-2-,23-7-. The molecule has 10 aromatic carbocycles. The van der Waals surface area contributed by atoms with Gasteiger partial charge in [-0.25, -0.2) is 0 Å². The first-order valence-electron chi connectivity index (χ1n) is 26.7. The Morgan fingerprint density at radius 1 is 0.413 bits per heavy atom. The van der Waals surface area contributed by atoms with Crippen LogP contribution in [0.4, 0.5) is 17.1 Å². The third kappa shape index (κ3) is 7.29. The molecule has 0 atom stereocenters. The summed E-state index contributed by atoms with van der Waals surface area (Å²) < 4.78 is 0. The molecule has 1 spiro atoms. The third-order valence-electron chi connectivity index (χ3n) is 16.4. The minimum absolute atomic E-state index is 0.612. The lowest BCUT2D eigenvalue weighted by Crippen LogP contribution is -2.30. The van der Waals surface area contributed by atoms with Crippen molar-refractivity contribution in [2.45, 2.75) is 37.5 Å². The number of nitrogens with zero attached hydrogens (tertiary/aromatic N) is 1. The number of anilines is 3. The number of hydrogen-bond donors (Lipinski definition) is 0. The molecule has 0 aliphatic heterocycles. The Hall–Kier alpha value is -9.04. The molecular formula is C74H55N. The molecule has 356 valence electrons. The van der Waals surface area contributed by atoms with Crippen molar-refractivity contribution < 1.29 is 0 Å². The Bertz CT molecular complexity index is 4090. The zero-order valence-electron chi connectivity index (χ0n) is 42.0. The van der Waals surface area contributed by atoms with Crippen molar-refractivity contribution in [1.82, 2.24) is 0 Å². The molecule has 0 heterocycles. The van der Waals surface area contributed by atoms with E-state index < -0.39 is 5.41 Å². The normalized spacial score (nSPS) is 16.1. The van der Waals surface area contributed by atoms with Gasteiger partial charge in [0.2, 0.25) is 0 Å². The molecule has 4 aliphatic carbocycles. The summed E-state index contributed by atoms with van der Waals surface area (Å²) in [6.45, 7) is 4.96. The molecule has 75 heavy (non-hydrogen) atoms. The lowest BCUT2D eigenvalue weighted by atomic mass is 9.66. The maximum atomic E-state index is 4.96. The van der Waals surface area contributed by atoms with Crippen molar-refractivity contribution in [2.24, 2.45) is 0 Å². The van der Waals surface area contributed by atoms with Gasteiger partial charge in [-0.15, -0.1) is 0 Å². The summed E-state index contributed by atoms with van der Waals surface area (Å²) in [5.41, 5.74) is 21.6. The van der Waals surface area contributed by atoms with Gasteiger partial charge in [0.1, 0.15) is 0 Å². The number of rotatable bonds is 7. The van der Waals surface area contributed by atoms with Gasteiger partial charge in [-0.05, 0) is 190 Å². The molecule has 0 unspecified atom stereocenters. The van der Waals surface area contributed by atoms with Crippen LogP contribution in [0.1, 0.15) is 59.1 Å². The van der Waals surface area contributed by atoms with Crippen molar-refractivity contribution in [3.63, 3.8) is 0 Å². The maximum absolute atomic E-state index is 4.96. The molecule has 0 bridgehead atoms. The molecule has 0 radical (unpaired) electrons. The van der Waals surface area contributed by atoms with Crippen molar-refractivity contribution in [3.8, 4) is 33.4 Å². The van der Waals surface area contributed by atoms with Gasteiger partial charge in [-0.2, -0.15) is 0 Å². The van der Waals surface area contributed by atoms with Crippen LogP contribution in [-0.4, -0.2) is 0 Å². The first-order chi connectivity index (χ1) is 37.1. The molecule has 0 amide bonds. The highest BCUT2D eigenvalue weighted by Crippen LogP contribution is 2.58. The van der Waals surface area contributed by atoms with E-state index in [-0.39, 0.29) is 0 Å². The van der Waals surface area contributed by atoms with E-state index in [1.807, 2.05) is 0 Å². The Labute approximate surface area is 440 Å². The summed E-state index contributed by atoms with van der Waals surface area (Å²) in [6.07, 6.45) is 27.9. The van der Waals surface area contributed by atoms with Gasteiger partial charge in [-0.3, -0.25) is 0 Å². The van der Waals surface area contributed by atoms with Crippen molar-refractivity contribution in [1.29, 1.82) is 0 Å². The fraction of sp³-hybridized carbons (Fsp3) is 0.0811. The van der Waals surface area contributed by atoms with E-state index in [9.17, 15) is 0 Å². The van der Waals surface area contributed by atoms with Crippen LogP contribution in [0.25, 0.3) is 76.8 Å². The molecule has 14 rings (SSSR count). The molecule has 1 heteroatoms. The van der Waals surface area contributed by atoms with Crippen LogP contribution in [0.5, 0.6) is 0 Å². The molecule has 1 nitrogen and oxygen atoms in total. The van der Waals surface area contributed by atoms with Crippen LogP contribution in [-0.2, 0) is 11.8 Å². The molecular weight excluding hydrogens is 903 g/mol. The highest BCUT2D eigenvalue weighted by Gasteiger charge is 2.47. The van der Waals surface area contributed by atoms with Crippen LogP contribution >= 0.6 is 0 Å². The summed E-state index contributed by atoms with van der Waals surface area (Å²) in [6, 6.07) is 75.1. The number of hydrogen-bond acceptors (Lipinski definition) is 1. The van der Waals surface area contributed by atoms with E-state index >= 15 is 0 Å². The SMILES string of the molecule is C=C1/C=C\C=C/Cc2ccc(N(c3ccc(-c4ccccc4)cc3)c3ccc4c(c3)c3ccccc3c3c(-c5ccccc5)cc(C5=CCCC=C5)c(C5=CC=CCC5)c43)cc2C12c1ccccc1-c1ccccc12. The minimum atomic E-state index is -0.612. The summed E-state index contributed by atoms with van der Waals surface area (Å²) >= 11 is 0. The van der Waals surface area contributed by atoms with E-state index in [4.69, 9.17) is 6.58 Å². The van der Waals surface area contributed by atoms with Gasteiger partial charge in [0.05, 0.1) is 5.41 Å². The zero-order chi connectivity index (χ0) is 49.9. The largest absolute Gasteiger partial charge is 0.310 e. The second-order valence-electron chi connectivity index (χ2n) is 20.5. The summed E-state index contributed by atoms with van der Waals surface area (Å²) in [7, 11) is 0. The summed E-state index contributed by atoms with van der Waals surface area (Å²) in [4.78, 5) is 2.49. The Morgan fingerprint density at radius 2 is 1.07 bits per heavy atom. The van der Waals surface area contributed by atoms with Crippen LogP contribution < -0.4 is 4.90 Å². The van der Waals surface area contributed by atoms with Crippen LogP contribution in [0.15, 0.2) is 273 Å². The predicted octanol–water partition coefficient (Wildman–Crippen LogP) is 20.0. The molecule has 0 saturated carbocycles.